The number of aryl methyl sites for hydroxylation is 2. The predicted octanol–water partition coefficient (Wildman–Crippen LogP) is 3.25. The van der Waals surface area contributed by atoms with Crippen LogP contribution in [0.3, 0.4) is 0 Å². The van der Waals surface area contributed by atoms with Crippen LogP contribution in [-0.4, -0.2) is 29.4 Å². The number of rotatable bonds is 4. The van der Waals surface area contributed by atoms with Gasteiger partial charge in [0.05, 0.1) is 17.3 Å². The molecule has 0 atom stereocenters. The second kappa shape index (κ2) is 6.07. The minimum absolute atomic E-state index is 0.783. The molecule has 3 aromatic heterocycles. The lowest BCUT2D eigenvalue weighted by molar-refractivity contribution is 0.831. The summed E-state index contributed by atoms with van der Waals surface area (Å²) in [7, 11) is 0. The molecule has 3 heterocycles. The van der Waals surface area contributed by atoms with Gasteiger partial charge >= 0.3 is 0 Å². The molecule has 0 radical (unpaired) electrons. The van der Waals surface area contributed by atoms with Crippen LogP contribution in [0.25, 0.3) is 22.4 Å². The van der Waals surface area contributed by atoms with E-state index in [0.29, 0.717) is 0 Å². The Bertz CT molecular complexity index is 1170. The molecule has 2 aromatic carbocycles. The number of hydrogen-bond donors (Lipinski definition) is 0. The fraction of sp³-hybridized carbons (Fsp3) is 0.100. The zero-order valence-corrected chi connectivity index (χ0v) is 14.0. The highest BCUT2D eigenvalue weighted by Crippen LogP contribution is 2.20. The van der Waals surface area contributed by atoms with Crippen LogP contribution in [0, 0.1) is 0 Å². The average Bonchev–Trinajstić information content (AvgIpc) is 3.31. The number of fused-ring (bicyclic) bond motifs is 3. The molecule has 0 saturated carbocycles. The van der Waals surface area contributed by atoms with Crippen LogP contribution >= 0.6 is 0 Å². The van der Waals surface area contributed by atoms with Crippen LogP contribution in [0.15, 0.2) is 73.2 Å². The molecular weight excluding hydrogens is 324 g/mol. The summed E-state index contributed by atoms with van der Waals surface area (Å²) < 4.78 is 3.79. The number of nitrogens with zero attached hydrogens (tertiary/aromatic N) is 6. The lowest BCUT2D eigenvalue weighted by Gasteiger charge is -2.03. The van der Waals surface area contributed by atoms with Crippen molar-refractivity contribution in [3.8, 4) is 5.69 Å². The molecule has 0 saturated heterocycles. The third kappa shape index (κ3) is 2.43. The van der Waals surface area contributed by atoms with Crippen molar-refractivity contribution >= 4 is 16.7 Å². The van der Waals surface area contributed by atoms with Crippen molar-refractivity contribution in [3.05, 3.63) is 84.6 Å². The lowest BCUT2D eigenvalue weighted by atomic mass is 10.1. The van der Waals surface area contributed by atoms with Gasteiger partial charge < -0.3 is 0 Å². The standard InChI is InChI=1S/C20H16N6/c1-3-7-15(8-4-1)11-12-18-23-24-20-17-13-22-26(16-9-5-2-6-10-16)19(17)21-14-25(18)20/h1-10,13-14H,11-12H2. The molecule has 0 amide bonds. The Morgan fingerprint density at radius 3 is 2.35 bits per heavy atom. The van der Waals surface area contributed by atoms with Gasteiger partial charge in [-0.25, -0.2) is 9.67 Å². The first-order valence-corrected chi connectivity index (χ1v) is 8.56. The Morgan fingerprint density at radius 1 is 0.769 bits per heavy atom. The zero-order chi connectivity index (χ0) is 17.3. The van der Waals surface area contributed by atoms with Gasteiger partial charge in [0, 0.05) is 6.42 Å². The summed E-state index contributed by atoms with van der Waals surface area (Å²) >= 11 is 0. The van der Waals surface area contributed by atoms with Crippen LogP contribution < -0.4 is 0 Å². The first-order valence-electron chi connectivity index (χ1n) is 8.56. The Hall–Kier alpha value is -3.54. The van der Waals surface area contributed by atoms with Crippen molar-refractivity contribution in [1.29, 1.82) is 0 Å². The van der Waals surface area contributed by atoms with Crippen molar-refractivity contribution in [2.75, 3.05) is 0 Å². The molecule has 0 aliphatic heterocycles. The van der Waals surface area contributed by atoms with E-state index in [2.05, 4.69) is 44.5 Å². The van der Waals surface area contributed by atoms with E-state index in [0.717, 1.165) is 41.0 Å². The van der Waals surface area contributed by atoms with Crippen molar-refractivity contribution in [3.63, 3.8) is 0 Å². The molecule has 5 aromatic rings. The van der Waals surface area contributed by atoms with Crippen LogP contribution in [-0.2, 0) is 12.8 Å². The van der Waals surface area contributed by atoms with Gasteiger partial charge in [-0.2, -0.15) is 5.10 Å². The van der Waals surface area contributed by atoms with E-state index in [1.54, 1.807) is 12.5 Å². The molecular formula is C20H16N6. The minimum Gasteiger partial charge on any atom is -0.269 e. The van der Waals surface area contributed by atoms with Crippen molar-refractivity contribution < 1.29 is 0 Å². The summed E-state index contributed by atoms with van der Waals surface area (Å²) in [5, 5.41) is 14.2. The van der Waals surface area contributed by atoms with Gasteiger partial charge in [-0.1, -0.05) is 48.5 Å². The molecule has 0 fully saturated rings. The second-order valence-electron chi connectivity index (χ2n) is 6.17. The predicted molar refractivity (Wildman–Crippen MR) is 99.3 cm³/mol. The number of benzene rings is 2. The first kappa shape index (κ1) is 14.8. The Kier molecular flexibility index (Phi) is 3.45. The fourth-order valence-corrected chi connectivity index (χ4v) is 3.19. The van der Waals surface area contributed by atoms with Gasteiger partial charge in [-0.05, 0) is 24.1 Å². The number of para-hydroxylation sites is 1. The van der Waals surface area contributed by atoms with Gasteiger partial charge in [-0.15, -0.1) is 10.2 Å². The maximum atomic E-state index is 4.62. The molecule has 6 heteroatoms. The third-order valence-electron chi connectivity index (χ3n) is 4.53. The molecule has 0 spiro atoms. The van der Waals surface area contributed by atoms with Crippen LogP contribution in [0.4, 0.5) is 0 Å². The zero-order valence-electron chi connectivity index (χ0n) is 14.0. The quantitative estimate of drug-likeness (QED) is 0.504. The van der Waals surface area contributed by atoms with Crippen LogP contribution in [0.2, 0.25) is 0 Å². The van der Waals surface area contributed by atoms with Crippen LogP contribution in [0.5, 0.6) is 0 Å². The summed E-state index contributed by atoms with van der Waals surface area (Å²) in [5.74, 6) is 0.908. The van der Waals surface area contributed by atoms with E-state index < -0.39 is 0 Å². The smallest absolute Gasteiger partial charge is 0.174 e. The highest BCUT2D eigenvalue weighted by molar-refractivity contribution is 5.89. The van der Waals surface area contributed by atoms with Crippen molar-refractivity contribution in [2.45, 2.75) is 12.8 Å². The lowest BCUT2D eigenvalue weighted by Crippen LogP contribution is -2.01. The molecule has 0 aliphatic rings. The molecule has 0 bridgehead atoms. The van der Waals surface area contributed by atoms with E-state index in [-0.39, 0.29) is 0 Å². The van der Waals surface area contributed by atoms with Crippen molar-refractivity contribution in [1.82, 2.24) is 29.4 Å². The van der Waals surface area contributed by atoms with E-state index in [4.69, 9.17) is 0 Å². The molecule has 126 valence electrons. The van der Waals surface area contributed by atoms with Gasteiger partial charge in [0.1, 0.15) is 12.2 Å². The molecule has 0 N–H and O–H groups in total. The van der Waals surface area contributed by atoms with Gasteiger partial charge in [0.25, 0.3) is 0 Å². The average molecular weight is 340 g/mol. The monoisotopic (exact) mass is 340 g/mol. The second-order valence-corrected chi connectivity index (χ2v) is 6.17. The van der Waals surface area contributed by atoms with Gasteiger partial charge in [0.2, 0.25) is 0 Å². The van der Waals surface area contributed by atoms with Crippen LogP contribution in [0.1, 0.15) is 11.4 Å². The van der Waals surface area contributed by atoms with Gasteiger partial charge in [0.15, 0.2) is 11.3 Å². The Labute approximate surface area is 149 Å². The molecule has 0 unspecified atom stereocenters. The molecule has 0 aliphatic carbocycles. The van der Waals surface area contributed by atoms with E-state index in [1.165, 1.54) is 5.56 Å². The normalized spacial score (nSPS) is 11.4. The fourth-order valence-electron chi connectivity index (χ4n) is 3.19. The highest BCUT2D eigenvalue weighted by atomic mass is 15.3. The summed E-state index contributed by atoms with van der Waals surface area (Å²) in [6.45, 7) is 0. The van der Waals surface area contributed by atoms with Gasteiger partial charge in [-0.3, -0.25) is 4.40 Å². The first-order chi connectivity index (χ1) is 12.9. The molecule has 26 heavy (non-hydrogen) atoms. The number of aromatic nitrogens is 6. The van der Waals surface area contributed by atoms with Crippen molar-refractivity contribution in [2.24, 2.45) is 0 Å². The maximum Gasteiger partial charge on any atom is 0.174 e. The minimum atomic E-state index is 0.783. The Morgan fingerprint density at radius 2 is 1.54 bits per heavy atom. The largest absolute Gasteiger partial charge is 0.269 e. The summed E-state index contributed by atoms with van der Waals surface area (Å²) in [6.07, 6.45) is 5.33. The Balaban J connectivity index is 1.54. The summed E-state index contributed by atoms with van der Waals surface area (Å²) in [6, 6.07) is 20.4. The maximum absolute atomic E-state index is 4.62. The van der Waals surface area contributed by atoms with E-state index >= 15 is 0 Å². The SMILES string of the molecule is c1ccc(CCc2nnc3c4cnn(-c5ccccc5)c4ncn23)cc1. The molecule has 6 nitrogen and oxygen atoms in total. The van der Waals surface area contributed by atoms with E-state index in [9.17, 15) is 0 Å². The highest BCUT2D eigenvalue weighted by Gasteiger charge is 2.14. The summed E-state index contributed by atoms with van der Waals surface area (Å²) in [5.41, 5.74) is 3.84. The third-order valence-corrected chi connectivity index (χ3v) is 4.53. The summed E-state index contributed by atoms with van der Waals surface area (Å²) in [4.78, 5) is 4.62. The topological polar surface area (TPSA) is 60.9 Å². The molecule has 5 rings (SSSR count). The van der Waals surface area contributed by atoms with E-state index in [1.807, 2.05) is 45.5 Å². The number of hydrogen-bond acceptors (Lipinski definition) is 4.